The molecule has 10 nitrogen and oxygen atoms in total. The summed E-state index contributed by atoms with van der Waals surface area (Å²) < 4.78 is 10.8. The van der Waals surface area contributed by atoms with Gasteiger partial charge < -0.3 is 14.3 Å². The highest BCUT2D eigenvalue weighted by molar-refractivity contribution is 8.18. The number of phenolic OH excluding ortho intramolecular Hbond substituents is 1. The van der Waals surface area contributed by atoms with Gasteiger partial charge in [0.25, 0.3) is 11.6 Å². The first-order chi connectivity index (χ1) is 16.9. The van der Waals surface area contributed by atoms with E-state index in [4.69, 9.17) is 9.15 Å². The molecule has 0 aliphatic carbocycles. The number of ether oxygens (including phenoxy) is 1. The molecular formula is C24H20N4O6S. The van der Waals surface area contributed by atoms with Crippen LogP contribution < -0.4 is 4.74 Å². The zero-order valence-electron chi connectivity index (χ0n) is 18.5. The molecule has 0 spiro atoms. The molecule has 1 fully saturated rings. The molecule has 1 amide bonds. The number of amides is 1. The highest BCUT2D eigenvalue weighted by Crippen LogP contribution is 2.34. The predicted molar refractivity (Wildman–Crippen MR) is 132 cm³/mol. The zero-order chi connectivity index (χ0) is 24.8. The Bertz CT molecular complexity index is 1330. The first-order valence-corrected chi connectivity index (χ1v) is 11.3. The summed E-state index contributed by atoms with van der Waals surface area (Å²) in [5.41, 5.74) is 1.10. The van der Waals surface area contributed by atoms with E-state index in [0.717, 1.165) is 11.8 Å². The summed E-state index contributed by atoms with van der Waals surface area (Å²) in [7, 11) is 0. The first-order valence-electron chi connectivity index (χ1n) is 10.5. The Morgan fingerprint density at radius 1 is 1.20 bits per heavy atom. The number of phenols is 1. The molecule has 1 aliphatic rings. The van der Waals surface area contributed by atoms with E-state index in [1.54, 1.807) is 42.5 Å². The summed E-state index contributed by atoms with van der Waals surface area (Å²) in [5.74, 6) is 0.589. The topological polar surface area (TPSA) is 131 Å². The van der Waals surface area contributed by atoms with Gasteiger partial charge in [-0.2, -0.15) is 5.10 Å². The molecule has 2 heterocycles. The molecule has 4 rings (SSSR count). The van der Waals surface area contributed by atoms with Crippen molar-refractivity contribution >= 4 is 40.8 Å². The number of carbonyl (C=O) groups excluding carboxylic acids is 1. The summed E-state index contributed by atoms with van der Waals surface area (Å²) in [5, 5.41) is 29.6. The molecule has 0 unspecified atom stereocenters. The van der Waals surface area contributed by atoms with Crippen LogP contribution in [0.3, 0.4) is 0 Å². The molecule has 0 atom stereocenters. The number of rotatable bonds is 8. The van der Waals surface area contributed by atoms with E-state index in [9.17, 15) is 20.0 Å². The summed E-state index contributed by atoms with van der Waals surface area (Å²) in [6.07, 6.45) is 4.57. The van der Waals surface area contributed by atoms with Gasteiger partial charge in [0, 0.05) is 12.1 Å². The Kier molecular flexibility index (Phi) is 7.27. The van der Waals surface area contributed by atoms with Crippen molar-refractivity contribution in [3.63, 3.8) is 0 Å². The number of nitro groups is 1. The maximum atomic E-state index is 13.1. The van der Waals surface area contributed by atoms with E-state index in [2.05, 4.69) is 10.2 Å². The number of hydrogen-bond acceptors (Lipinski definition) is 9. The van der Waals surface area contributed by atoms with Gasteiger partial charge in [-0.15, -0.1) is 5.10 Å². The highest BCUT2D eigenvalue weighted by atomic mass is 32.2. The van der Waals surface area contributed by atoms with Crippen molar-refractivity contribution in [1.29, 1.82) is 0 Å². The molecule has 1 saturated heterocycles. The van der Waals surface area contributed by atoms with Crippen LogP contribution in [0.5, 0.6) is 11.5 Å². The smallest absolute Gasteiger partial charge is 0.270 e. The second-order valence-corrected chi connectivity index (χ2v) is 8.23. The van der Waals surface area contributed by atoms with Crippen LogP contribution in [0.15, 0.2) is 80.4 Å². The predicted octanol–water partition coefficient (Wildman–Crippen LogP) is 4.80. The molecule has 0 saturated carbocycles. The van der Waals surface area contributed by atoms with Gasteiger partial charge in [-0.25, -0.2) is 0 Å². The fourth-order valence-corrected chi connectivity index (χ4v) is 4.12. The van der Waals surface area contributed by atoms with Crippen LogP contribution in [0.4, 0.5) is 5.69 Å². The first kappa shape index (κ1) is 23.8. The molecule has 1 aliphatic heterocycles. The Balaban J connectivity index is 1.62. The average molecular weight is 493 g/mol. The lowest BCUT2D eigenvalue weighted by Gasteiger charge is -2.12. The van der Waals surface area contributed by atoms with Gasteiger partial charge in [0.2, 0.25) is 0 Å². The number of carbonyl (C=O) groups is 1. The van der Waals surface area contributed by atoms with Crippen LogP contribution in [-0.4, -0.2) is 38.8 Å². The van der Waals surface area contributed by atoms with E-state index in [1.165, 1.54) is 35.6 Å². The minimum atomic E-state index is -0.489. The van der Waals surface area contributed by atoms with Crippen LogP contribution in [-0.2, 0) is 11.3 Å². The second kappa shape index (κ2) is 10.7. The number of amidine groups is 1. The van der Waals surface area contributed by atoms with Crippen LogP contribution >= 0.6 is 11.8 Å². The number of aromatic hydroxyl groups is 1. The Morgan fingerprint density at radius 3 is 2.80 bits per heavy atom. The minimum Gasteiger partial charge on any atom is -0.504 e. The summed E-state index contributed by atoms with van der Waals surface area (Å²) in [6.45, 7) is 2.36. The minimum absolute atomic E-state index is 0.0211. The highest BCUT2D eigenvalue weighted by Gasteiger charge is 2.34. The van der Waals surface area contributed by atoms with Crippen molar-refractivity contribution < 1.29 is 24.0 Å². The normalized spacial score (nSPS) is 16.0. The maximum Gasteiger partial charge on any atom is 0.270 e. The summed E-state index contributed by atoms with van der Waals surface area (Å²) in [6, 6.07) is 14.3. The maximum absolute atomic E-state index is 13.1. The van der Waals surface area contributed by atoms with Crippen molar-refractivity contribution in [3.8, 4) is 11.5 Å². The van der Waals surface area contributed by atoms with Crippen molar-refractivity contribution in [1.82, 2.24) is 4.90 Å². The second-order valence-electron chi connectivity index (χ2n) is 7.22. The summed E-state index contributed by atoms with van der Waals surface area (Å²) in [4.78, 5) is 25.5. The van der Waals surface area contributed by atoms with E-state index < -0.39 is 4.92 Å². The SMILES string of the molecule is CCOc1cc(/C=N\N=C2\S/C(=C\c3cccc([N+](=O)[O-])c3)C(=O)N2Cc2ccco2)ccc1O. The van der Waals surface area contributed by atoms with Crippen LogP contribution in [0.1, 0.15) is 23.8 Å². The van der Waals surface area contributed by atoms with Crippen molar-refractivity contribution in [3.05, 3.63) is 92.8 Å². The lowest BCUT2D eigenvalue weighted by Crippen LogP contribution is -2.28. The van der Waals surface area contributed by atoms with Gasteiger partial charge in [0.1, 0.15) is 5.76 Å². The lowest BCUT2D eigenvalue weighted by molar-refractivity contribution is -0.384. The molecule has 1 N–H and O–H groups in total. The van der Waals surface area contributed by atoms with Crippen molar-refractivity contribution in [2.75, 3.05) is 6.61 Å². The molecule has 178 valence electrons. The number of thioether (sulfide) groups is 1. The monoisotopic (exact) mass is 492 g/mol. The Labute approximate surface area is 204 Å². The molecule has 0 radical (unpaired) electrons. The molecule has 1 aromatic heterocycles. The Morgan fingerprint density at radius 2 is 2.06 bits per heavy atom. The number of hydrogen-bond donors (Lipinski definition) is 1. The van der Waals surface area contributed by atoms with Gasteiger partial charge in [0.05, 0.1) is 35.5 Å². The molecule has 0 bridgehead atoms. The van der Waals surface area contributed by atoms with Crippen molar-refractivity contribution in [2.45, 2.75) is 13.5 Å². The van der Waals surface area contributed by atoms with E-state index in [-0.39, 0.29) is 23.9 Å². The van der Waals surface area contributed by atoms with Crippen LogP contribution in [0.25, 0.3) is 6.08 Å². The zero-order valence-corrected chi connectivity index (χ0v) is 19.3. The number of furan rings is 1. The van der Waals surface area contributed by atoms with Gasteiger partial charge in [-0.3, -0.25) is 19.8 Å². The average Bonchev–Trinajstić information content (AvgIpc) is 3.46. The molecular weight excluding hydrogens is 472 g/mol. The van der Waals surface area contributed by atoms with Gasteiger partial charge in [0.15, 0.2) is 16.7 Å². The molecule has 11 heteroatoms. The summed E-state index contributed by atoms with van der Waals surface area (Å²) >= 11 is 1.10. The fourth-order valence-electron chi connectivity index (χ4n) is 3.19. The number of nitrogens with zero attached hydrogens (tertiary/aromatic N) is 4. The van der Waals surface area contributed by atoms with E-state index in [0.29, 0.717) is 39.3 Å². The van der Waals surface area contributed by atoms with Gasteiger partial charge in [-0.05, 0) is 66.2 Å². The molecule has 2 aromatic carbocycles. The number of benzene rings is 2. The number of non-ortho nitro benzene ring substituents is 1. The lowest BCUT2D eigenvalue weighted by atomic mass is 10.2. The largest absolute Gasteiger partial charge is 0.504 e. The van der Waals surface area contributed by atoms with Gasteiger partial charge in [-0.1, -0.05) is 12.1 Å². The molecule has 3 aromatic rings. The third-order valence-corrected chi connectivity index (χ3v) is 5.79. The van der Waals surface area contributed by atoms with Crippen molar-refractivity contribution in [2.24, 2.45) is 10.2 Å². The quantitative estimate of drug-likeness (QED) is 0.207. The molecule has 35 heavy (non-hydrogen) atoms. The van der Waals surface area contributed by atoms with Gasteiger partial charge >= 0.3 is 0 Å². The van der Waals surface area contributed by atoms with E-state index in [1.807, 2.05) is 6.92 Å². The number of nitro benzene ring substituents is 1. The standard InChI is InChI=1S/C24H20N4O6S/c1-2-33-21-12-17(8-9-20(21)29)14-25-26-24-27(15-19-7-4-10-34-19)23(30)22(35-24)13-16-5-3-6-18(11-16)28(31)32/h3-14,29H,2,15H2,1H3/b22-13-,25-14-,26-24+. The Hall–Kier alpha value is -4.38. The third-order valence-electron chi connectivity index (χ3n) is 4.79. The fraction of sp³-hybridized carbons (Fsp3) is 0.125. The van der Waals surface area contributed by atoms with Crippen LogP contribution in [0.2, 0.25) is 0 Å². The van der Waals surface area contributed by atoms with E-state index >= 15 is 0 Å². The third kappa shape index (κ3) is 5.76. The van der Waals surface area contributed by atoms with Crippen LogP contribution in [0, 0.1) is 10.1 Å².